The Hall–Kier alpha value is 0.370. The van der Waals surface area contributed by atoms with Crippen molar-refractivity contribution in [1.82, 2.24) is 0 Å². The molecule has 0 bridgehead atoms. The summed E-state index contributed by atoms with van der Waals surface area (Å²) in [4.78, 5) is 0. The van der Waals surface area contributed by atoms with Gasteiger partial charge >= 0.3 is 0 Å². The maximum atomic E-state index is 6.18. The van der Waals surface area contributed by atoms with Crippen LogP contribution in [0.5, 0.6) is 0 Å². The summed E-state index contributed by atoms with van der Waals surface area (Å²) >= 11 is 31.9. The van der Waals surface area contributed by atoms with Crippen molar-refractivity contribution in [2.24, 2.45) is 0 Å². The third-order valence-electron chi connectivity index (χ3n) is 2.33. The van der Waals surface area contributed by atoms with Crippen LogP contribution in [0.4, 0.5) is 0 Å². The van der Waals surface area contributed by atoms with Crippen LogP contribution in [0, 0.1) is 6.92 Å². The van der Waals surface area contributed by atoms with E-state index >= 15 is 0 Å². The molecule has 1 aromatic carbocycles. The standard InChI is InChI=1S/C11H5Cl5S/c1-4-2-17-3-5(4)6-7(12)9(14)11(16)10(15)8(6)13/h2-3H,1H3. The molecule has 0 aliphatic carbocycles. The Morgan fingerprint density at radius 2 is 1.24 bits per heavy atom. The highest BCUT2D eigenvalue weighted by Gasteiger charge is 2.21. The van der Waals surface area contributed by atoms with Crippen LogP contribution < -0.4 is 0 Å². The van der Waals surface area contributed by atoms with E-state index in [9.17, 15) is 0 Å². The van der Waals surface area contributed by atoms with Gasteiger partial charge in [-0.15, -0.1) is 0 Å². The van der Waals surface area contributed by atoms with Gasteiger partial charge in [0.1, 0.15) is 0 Å². The zero-order valence-electron chi connectivity index (χ0n) is 8.45. The fourth-order valence-electron chi connectivity index (χ4n) is 1.46. The van der Waals surface area contributed by atoms with E-state index in [2.05, 4.69) is 0 Å². The summed E-state index contributed by atoms with van der Waals surface area (Å²) in [6.45, 7) is 1.97. The Morgan fingerprint density at radius 1 is 0.765 bits per heavy atom. The average molecular weight is 346 g/mol. The molecule has 17 heavy (non-hydrogen) atoms. The van der Waals surface area contributed by atoms with Crippen molar-refractivity contribution in [2.75, 3.05) is 0 Å². The minimum atomic E-state index is 0.181. The van der Waals surface area contributed by atoms with Crippen molar-refractivity contribution in [2.45, 2.75) is 6.92 Å². The summed E-state index contributed by atoms with van der Waals surface area (Å²) in [6, 6.07) is 0. The molecular weight excluding hydrogens is 341 g/mol. The Labute approximate surface area is 128 Å². The minimum Gasteiger partial charge on any atom is -0.151 e. The van der Waals surface area contributed by atoms with E-state index < -0.39 is 0 Å². The lowest BCUT2D eigenvalue weighted by Gasteiger charge is -2.12. The van der Waals surface area contributed by atoms with Crippen LogP contribution in [0.1, 0.15) is 5.56 Å². The maximum absolute atomic E-state index is 6.18. The number of halogens is 5. The first-order chi connectivity index (χ1) is 7.95. The van der Waals surface area contributed by atoms with E-state index in [0.29, 0.717) is 15.6 Å². The van der Waals surface area contributed by atoms with Gasteiger partial charge in [0.2, 0.25) is 0 Å². The summed E-state index contributed by atoms with van der Waals surface area (Å²) in [6.07, 6.45) is 0. The van der Waals surface area contributed by atoms with Gasteiger partial charge in [-0.3, -0.25) is 0 Å². The molecule has 90 valence electrons. The Kier molecular flexibility index (Phi) is 4.19. The van der Waals surface area contributed by atoms with E-state index in [1.165, 1.54) is 0 Å². The Bertz CT molecular complexity index is 559. The molecule has 2 aromatic rings. The highest BCUT2D eigenvalue weighted by molar-refractivity contribution is 7.08. The molecule has 0 aliphatic heterocycles. The van der Waals surface area contributed by atoms with Crippen molar-refractivity contribution < 1.29 is 0 Å². The van der Waals surface area contributed by atoms with Crippen molar-refractivity contribution >= 4 is 69.3 Å². The van der Waals surface area contributed by atoms with E-state index in [1.54, 1.807) is 11.3 Å². The molecule has 0 spiro atoms. The molecule has 0 unspecified atom stereocenters. The maximum Gasteiger partial charge on any atom is 0.0809 e. The second-order valence-corrected chi connectivity index (χ2v) is 6.05. The van der Waals surface area contributed by atoms with Gasteiger partial charge in [0.15, 0.2) is 0 Å². The topological polar surface area (TPSA) is 0 Å². The largest absolute Gasteiger partial charge is 0.151 e. The zero-order valence-corrected chi connectivity index (χ0v) is 13.0. The van der Waals surface area contributed by atoms with Crippen LogP contribution in [-0.4, -0.2) is 0 Å². The minimum absolute atomic E-state index is 0.181. The van der Waals surface area contributed by atoms with Gasteiger partial charge in [0, 0.05) is 5.56 Å². The average Bonchev–Trinajstić information content (AvgIpc) is 2.71. The lowest BCUT2D eigenvalue weighted by Crippen LogP contribution is -1.86. The van der Waals surface area contributed by atoms with Crippen molar-refractivity contribution in [1.29, 1.82) is 0 Å². The zero-order chi connectivity index (χ0) is 12.7. The fraction of sp³-hybridized carbons (Fsp3) is 0.0909. The number of aryl methyl sites for hydroxylation is 1. The molecule has 0 atom stereocenters. The first kappa shape index (κ1) is 13.8. The molecule has 1 heterocycles. The summed E-state index contributed by atoms with van der Waals surface area (Å²) in [7, 11) is 0. The van der Waals surface area contributed by atoms with Gasteiger partial charge < -0.3 is 0 Å². The molecule has 1 aromatic heterocycles. The molecule has 0 aliphatic rings. The third kappa shape index (κ3) is 2.30. The van der Waals surface area contributed by atoms with Crippen LogP contribution in [0.15, 0.2) is 10.8 Å². The van der Waals surface area contributed by atoms with Crippen molar-refractivity contribution in [3.8, 4) is 11.1 Å². The highest BCUT2D eigenvalue weighted by atomic mass is 35.5. The van der Waals surface area contributed by atoms with Crippen molar-refractivity contribution in [3.63, 3.8) is 0 Å². The van der Waals surface area contributed by atoms with E-state index in [4.69, 9.17) is 58.0 Å². The fourth-order valence-corrected chi connectivity index (χ4v) is 3.64. The lowest BCUT2D eigenvalue weighted by atomic mass is 10.1. The van der Waals surface area contributed by atoms with E-state index in [1.807, 2.05) is 17.7 Å². The number of rotatable bonds is 1. The highest BCUT2D eigenvalue weighted by Crippen LogP contribution is 2.49. The molecule has 0 nitrogen and oxygen atoms in total. The van der Waals surface area contributed by atoms with Crippen LogP contribution in [0.2, 0.25) is 25.1 Å². The molecular formula is C11H5Cl5S. The predicted molar refractivity (Wildman–Crippen MR) is 79.5 cm³/mol. The summed E-state index contributed by atoms with van der Waals surface area (Å²) < 4.78 is 0. The number of thiophene rings is 1. The van der Waals surface area contributed by atoms with Gasteiger partial charge in [-0.25, -0.2) is 0 Å². The molecule has 0 fully saturated rings. The Balaban J connectivity index is 2.84. The van der Waals surface area contributed by atoms with Crippen LogP contribution in [-0.2, 0) is 0 Å². The second-order valence-electron chi connectivity index (χ2n) is 3.41. The molecule has 0 saturated carbocycles. The van der Waals surface area contributed by atoms with Crippen LogP contribution in [0.25, 0.3) is 11.1 Å². The quantitative estimate of drug-likeness (QED) is 0.385. The summed E-state index contributed by atoms with van der Waals surface area (Å²) in [5.74, 6) is 0. The first-order valence-corrected chi connectivity index (χ1v) is 7.33. The number of hydrogen-bond acceptors (Lipinski definition) is 1. The van der Waals surface area contributed by atoms with E-state index in [0.717, 1.165) is 11.1 Å². The van der Waals surface area contributed by atoms with Gasteiger partial charge in [-0.05, 0) is 28.8 Å². The molecule has 0 amide bonds. The summed E-state index contributed by atoms with van der Waals surface area (Å²) in [5, 5.41) is 5.23. The molecule has 0 saturated heterocycles. The Morgan fingerprint density at radius 3 is 1.65 bits per heavy atom. The summed E-state index contributed by atoms with van der Waals surface area (Å²) in [5.41, 5.74) is 2.62. The number of hydrogen-bond donors (Lipinski definition) is 0. The normalized spacial score (nSPS) is 10.9. The van der Waals surface area contributed by atoms with Gasteiger partial charge in [-0.1, -0.05) is 58.0 Å². The van der Waals surface area contributed by atoms with Crippen LogP contribution in [0.3, 0.4) is 0 Å². The first-order valence-electron chi connectivity index (χ1n) is 4.49. The smallest absolute Gasteiger partial charge is 0.0809 e. The molecule has 0 N–H and O–H groups in total. The second kappa shape index (κ2) is 5.16. The van der Waals surface area contributed by atoms with Gasteiger partial charge in [0.25, 0.3) is 0 Å². The SMILES string of the molecule is Cc1cscc1-c1c(Cl)c(Cl)c(Cl)c(Cl)c1Cl. The van der Waals surface area contributed by atoms with Gasteiger partial charge in [0.05, 0.1) is 25.1 Å². The van der Waals surface area contributed by atoms with E-state index in [-0.39, 0.29) is 15.1 Å². The van der Waals surface area contributed by atoms with Crippen LogP contribution >= 0.6 is 69.3 Å². The monoisotopic (exact) mass is 344 g/mol. The number of benzene rings is 1. The molecule has 6 heteroatoms. The molecule has 0 radical (unpaired) electrons. The predicted octanol–water partition coefficient (Wildman–Crippen LogP) is 6.99. The van der Waals surface area contributed by atoms with Crippen molar-refractivity contribution in [3.05, 3.63) is 41.4 Å². The third-order valence-corrected chi connectivity index (χ3v) is 5.47. The molecule has 2 rings (SSSR count). The lowest BCUT2D eigenvalue weighted by molar-refractivity contribution is 1.53. The van der Waals surface area contributed by atoms with Gasteiger partial charge in [-0.2, -0.15) is 11.3 Å².